The number of rotatable bonds is 8. The topological polar surface area (TPSA) is 102 Å². The zero-order valence-electron chi connectivity index (χ0n) is 25.0. The molecule has 0 N–H and O–H groups in total. The van der Waals surface area contributed by atoms with Gasteiger partial charge in [-0.25, -0.2) is 0 Å². The molecule has 0 radical (unpaired) electrons. The monoisotopic (exact) mass is 584 g/mol. The molecule has 6 rings (SSSR count). The summed E-state index contributed by atoms with van der Waals surface area (Å²) in [6.45, 7) is 5.91. The Kier molecular flexibility index (Phi) is 7.92. The minimum Gasteiger partial charge on any atom is -0.493 e. The van der Waals surface area contributed by atoms with Crippen LogP contribution in [0.5, 0.6) is 23.0 Å². The van der Waals surface area contributed by atoms with Gasteiger partial charge in [-0.05, 0) is 38.8 Å². The van der Waals surface area contributed by atoms with Crippen molar-refractivity contribution in [3.8, 4) is 23.0 Å². The molecule has 0 unspecified atom stereocenters. The minimum atomic E-state index is -0.0590. The van der Waals surface area contributed by atoms with E-state index in [9.17, 15) is 9.59 Å². The van der Waals surface area contributed by atoms with Crippen LogP contribution in [0.3, 0.4) is 0 Å². The molecule has 0 saturated carbocycles. The molecule has 4 aliphatic rings. The molecular weight excluding hydrogens is 548 g/mol. The SMILES string of the molecule is CC=C1C[C@H]2C=Nc3cc(OCCCOc4cc5c(cc4OC)C(=O)N4CC(=CC)C[C@H]4C=N5)c(OC)cc3C(=O)N2C1. The van der Waals surface area contributed by atoms with Gasteiger partial charge in [-0.1, -0.05) is 23.3 Å². The zero-order chi connectivity index (χ0) is 30.1. The molecule has 0 aromatic heterocycles. The molecule has 2 aromatic carbocycles. The summed E-state index contributed by atoms with van der Waals surface area (Å²) in [5, 5.41) is 0. The van der Waals surface area contributed by atoms with Gasteiger partial charge in [0.15, 0.2) is 23.0 Å². The highest BCUT2D eigenvalue weighted by molar-refractivity contribution is 6.04. The fourth-order valence-electron chi connectivity index (χ4n) is 5.95. The van der Waals surface area contributed by atoms with Crippen molar-refractivity contribution in [2.45, 2.75) is 45.2 Å². The van der Waals surface area contributed by atoms with E-state index in [0.29, 0.717) is 78.2 Å². The second-order valence-electron chi connectivity index (χ2n) is 11.0. The molecule has 0 bridgehead atoms. The fraction of sp³-hybridized carbons (Fsp3) is 0.394. The maximum atomic E-state index is 13.3. The van der Waals surface area contributed by atoms with E-state index >= 15 is 0 Å². The highest BCUT2D eigenvalue weighted by Gasteiger charge is 2.36. The summed E-state index contributed by atoms with van der Waals surface area (Å²) >= 11 is 0. The number of benzene rings is 2. The first-order valence-electron chi connectivity index (χ1n) is 14.6. The van der Waals surface area contributed by atoms with Crippen LogP contribution in [0.25, 0.3) is 0 Å². The first-order valence-corrected chi connectivity index (χ1v) is 14.6. The number of allylic oxidation sites excluding steroid dienone is 2. The Bertz CT molecular complexity index is 1460. The van der Waals surface area contributed by atoms with Crippen molar-refractivity contribution >= 4 is 35.6 Å². The summed E-state index contributed by atoms with van der Waals surface area (Å²) in [6.07, 6.45) is 9.99. The van der Waals surface area contributed by atoms with Gasteiger partial charge in [-0.3, -0.25) is 19.6 Å². The van der Waals surface area contributed by atoms with Crippen LogP contribution in [-0.4, -0.2) is 86.6 Å². The van der Waals surface area contributed by atoms with Gasteiger partial charge < -0.3 is 28.7 Å². The Labute approximate surface area is 251 Å². The molecule has 2 atom stereocenters. The van der Waals surface area contributed by atoms with Crippen LogP contribution in [0.15, 0.2) is 57.5 Å². The Morgan fingerprint density at radius 2 is 1.16 bits per heavy atom. The summed E-state index contributed by atoms with van der Waals surface area (Å²) < 4.78 is 23.2. The van der Waals surface area contributed by atoms with E-state index in [0.717, 1.165) is 12.8 Å². The summed E-state index contributed by atoms with van der Waals surface area (Å²) in [6, 6.07) is 6.85. The van der Waals surface area contributed by atoms with Gasteiger partial charge in [0.05, 0.1) is 62.0 Å². The van der Waals surface area contributed by atoms with Gasteiger partial charge in [-0.2, -0.15) is 0 Å². The summed E-state index contributed by atoms with van der Waals surface area (Å²) in [4.78, 5) is 39.6. The number of carbonyl (C=O) groups excluding carboxylic acids is 2. The number of hydrogen-bond acceptors (Lipinski definition) is 8. The number of fused-ring (bicyclic) bond motifs is 4. The van der Waals surface area contributed by atoms with Crippen molar-refractivity contribution in [1.82, 2.24) is 9.80 Å². The van der Waals surface area contributed by atoms with Crippen molar-refractivity contribution in [2.24, 2.45) is 9.98 Å². The molecule has 224 valence electrons. The van der Waals surface area contributed by atoms with E-state index in [1.807, 2.05) is 36.1 Å². The van der Waals surface area contributed by atoms with Gasteiger partial charge in [0.25, 0.3) is 11.8 Å². The third-order valence-electron chi connectivity index (χ3n) is 8.43. The average Bonchev–Trinajstić information content (AvgIpc) is 3.59. The molecule has 2 amide bonds. The van der Waals surface area contributed by atoms with Crippen LogP contribution in [0.2, 0.25) is 0 Å². The van der Waals surface area contributed by atoms with Gasteiger partial charge >= 0.3 is 0 Å². The predicted molar refractivity (Wildman–Crippen MR) is 164 cm³/mol. The molecule has 10 heteroatoms. The largest absolute Gasteiger partial charge is 0.493 e. The molecule has 0 aliphatic carbocycles. The van der Waals surface area contributed by atoms with Crippen molar-refractivity contribution in [2.75, 3.05) is 40.5 Å². The number of carbonyl (C=O) groups is 2. The quantitative estimate of drug-likeness (QED) is 0.308. The number of ether oxygens (including phenoxy) is 4. The highest BCUT2D eigenvalue weighted by Crippen LogP contribution is 2.40. The van der Waals surface area contributed by atoms with Crippen LogP contribution in [0, 0.1) is 0 Å². The number of methoxy groups -OCH3 is 2. The third kappa shape index (κ3) is 5.37. The smallest absolute Gasteiger partial charge is 0.257 e. The second kappa shape index (κ2) is 11.9. The predicted octanol–water partition coefficient (Wildman–Crippen LogP) is 5.31. The molecule has 0 spiro atoms. The maximum absolute atomic E-state index is 13.3. The maximum Gasteiger partial charge on any atom is 0.257 e. The summed E-state index contributed by atoms with van der Waals surface area (Å²) in [5.74, 6) is 1.86. The van der Waals surface area contributed by atoms with E-state index < -0.39 is 0 Å². The fourth-order valence-corrected chi connectivity index (χ4v) is 5.95. The minimum absolute atomic E-state index is 0.0457. The Balaban J connectivity index is 1.10. The molecule has 2 fully saturated rings. The van der Waals surface area contributed by atoms with Crippen LogP contribution >= 0.6 is 0 Å². The molecular formula is C33H36N4O6. The standard InChI is InChI=1S/C33H36N4O6/c1-5-20-10-22-16-34-26-14-30(28(40-3)12-24(26)32(38)36(22)18-20)42-8-7-9-43-31-15-27-25(13-29(31)41-4)33(39)37-19-21(6-2)11-23(37)17-35-27/h5-6,12-17,22-23H,7-11,18-19H2,1-4H3/t22-,23-/m0/s1. The third-order valence-corrected chi connectivity index (χ3v) is 8.43. The summed E-state index contributed by atoms with van der Waals surface area (Å²) in [5.41, 5.74) is 4.61. The zero-order valence-corrected chi connectivity index (χ0v) is 25.0. The lowest BCUT2D eigenvalue weighted by atomic mass is 10.1. The second-order valence-corrected chi connectivity index (χ2v) is 11.0. The molecule has 2 aromatic rings. The van der Waals surface area contributed by atoms with Gasteiger partial charge in [0.1, 0.15) is 0 Å². The number of aliphatic imine (C=N–C) groups is 2. The average molecular weight is 585 g/mol. The first-order chi connectivity index (χ1) is 20.9. The van der Waals surface area contributed by atoms with Gasteiger partial charge in [0.2, 0.25) is 0 Å². The number of hydrogen-bond donors (Lipinski definition) is 0. The van der Waals surface area contributed by atoms with Crippen LogP contribution in [0.1, 0.15) is 53.8 Å². The van der Waals surface area contributed by atoms with Gasteiger partial charge in [0, 0.05) is 44.1 Å². The Hall–Kier alpha value is -4.60. The molecule has 10 nitrogen and oxygen atoms in total. The van der Waals surface area contributed by atoms with Crippen molar-refractivity contribution < 1.29 is 28.5 Å². The number of amides is 2. The first kappa shape index (κ1) is 28.5. The lowest BCUT2D eigenvalue weighted by molar-refractivity contribution is 0.0769. The van der Waals surface area contributed by atoms with E-state index in [2.05, 4.69) is 22.1 Å². The van der Waals surface area contributed by atoms with Crippen molar-refractivity contribution in [1.29, 1.82) is 0 Å². The highest BCUT2D eigenvalue weighted by atomic mass is 16.5. The lowest BCUT2D eigenvalue weighted by Gasteiger charge is -2.20. The molecule has 4 aliphatic heterocycles. The van der Waals surface area contributed by atoms with Crippen LogP contribution in [0.4, 0.5) is 11.4 Å². The summed E-state index contributed by atoms with van der Waals surface area (Å²) in [7, 11) is 3.11. The molecule has 43 heavy (non-hydrogen) atoms. The van der Waals surface area contributed by atoms with Crippen molar-refractivity contribution in [3.63, 3.8) is 0 Å². The van der Waals surface area contributed by atoms with Crippen molar-refractivity contribution in [3.05, 3.63) is 58.7 Å². The van der Waals surface area contributed by atoms with Gasteiger partial charge in [-0.15, -0.1) is 0 Å². The molecule has 4 heterocycles. The van der Waals surface area contributed by atoms with Crippen LogP contribution in [-0.2, 0) is 0 Å². The number of nitrogens with zero attached hydrogens (tertiary/aromatic N) is 4. The molecule has 2 saturated heterocycles. The Morgan fingerprint density at radius 3 is 1.56 bits per heavy atom. The normalized spacial score (nSPS) is 22.2. The van der Waals surface area contributed by atoms with E-state index in [1.54, 1.807) is 38.5 Å². The lowest BCUT2D eigenvalue weighted by Crippen LogP contribution is -2.35. The van der Waals surface area contributed by atoms with E-state index in [4.69, 9.17) is 18.9 Å². The van der Waals surface area contributed by atoms with Crippen LogP contribution < -0.4 is 18.9 Å². The van der Waals surface area contributed by atoms with E-state index in [-0.39, 0.29) is 23.9 Å². The Morgan fingerprint density at radius 1 is 0.721 bits per heavy atom. The van der Waals surface area contributed by atoms with E-state index in [1.165, 1.54) is 11.1 Å².